The lowest BCUT2D eigenvalue weighted by atomic mass is 9.78. The van der Waals surface area contributed by atoms with Crippen LogP contribution in [0.3, 0.4) is 0 Å². The van der Waals surface area contributed by atoms with Crippen LogP contribution in [0.2, 0.25) is 0 Å². The zero-order valence-electron chi connectivity index (χ0n) is 16.8. The highest BCUT2D eigenvalue weighted by Crippen LogP contribution is 2.40. The van der Waals surface area contributed by atoms with E-state index in [0.717, 1.165) is 23.3 Å². The lowest BCUT2D eigenvalue weighted by molar-refractivity contribution is 0.0526. The molecule has 1 aliphatic rings. The largest absolute Gasteiger partial charge is 0.493 e. The van der Waals surface area contributed by atoms with Gasteiger partial charge in [-0.1, -0.05) is 20.8 Å². The monoisotopic (exact) mass is 382 g/mol. The van der Waals surface area contributed by atoms with Crippen LogP contribution in [0.5, 0.6) is 11.5 Å². The molecule has 1 aliphatic heterocycles. The van der Waals surface area contributed by atoms with E-state index in [2.05, 4.69) is 13.8 Å². The zero-order valence-corrected chi connectivity index (χ0v) is 16.8. The van der Waals surface area contributed by atoms with Crippen LogP contribution in [0.4, 0.5) is 0 Å². The van der Waals surface area contributed by atoms with E-state index in [0.29, 0.717) is 36.5 Å². The normalized spacial score (nSPS) is 14.6. The number of rotatable bonds is 5. The van der Waals surface area contributed by atoms with Crippen molar-refractivity contribution in [1.82, 2.24) is 0 Å². The molecule has 2 aromatic rings. The van der Waals surface area contributed by atoms with E-state index in [-0.39, 0.29) is 5.41 Å². The predicted octanol–water partition coefficient (Wildman–Crippen LogP) is 4.71. The van der Waals surface area contributed by atoms with Gasteiger partial charge in [-0.15, -0.1) is 0 Å². The van der Waals surface area contributed by atoms with Crippen LogP contribution in [-0.2, 0) is 16.6 Å². The Morgan fingerprint density at radius 3 is 2.43 bits per heavy atom. The maximum absolute atomic E-state index is 12.9. The van der Waals surface area contributed by atoms with Crippen LogP contribution in [0.1, 0.15) is 66.0 Å². The molecule has 0 aromatic heterocycles. The molecule has 5 heteroatoms. The van der Waals surface area contributed by atoms with Crippen molar-refractivity contribution < 1.29 is 23.8 Å². The second-order valence-corrected chi connectivity index (χ2v) is 7.48. The smallest absolute Gasteiger partial charge is 0.343 e. The van der Waals surface area contributed by atoms with E-state index in [1.165, 1.54) is 0 Å². The fourth-order valence-corrected chi connectivity index (χ4v) is 3.34. The molecule has 0 spiro atoms. The molecule has 0 saturated carbocycles. The lowest BCUT2D eigenvalue weighted by Gasteiger charge is -2.33. The Morgan fingerprint density at radius 2 is 1.79 bits per heavy atom. The topological polar surface area (TPSA) is 61.8 Å². The van der Waals surface area contributed by atoms with Crippen molar-refractivity contribution in [1.29, 1.82) is 0 Å². The van der Waals surface area contributed by atoms with Crippen molar-refractivity contribution in [2.24, 2.45) is 0 Å². The fraction of sp³-hybridized carbons (Fsp3) is 0.391. The van der Waals surface area contributed by atoms with Crippen LogP contribution < -0.4 is 9.47 Å². The summed E-state index contributed by atoms with van der Waals surface area (Å²) in [6, 6.07) is 10.2. The molecule has 0 fully saturated rings. The van der Waals surface area contributed by atoms with Gasteiger partial charge in [-0.05, 0) is 67.1 Å². The summed E-state index contributed by atoms with van der Waals surface area (Å²) >= 11 is 0. The SMILES string of the molecule is CCOC(=O)c1ccc(OC(=O)c2cc3c(cc2CC)OCCC3(C)C)cc1. The Bertz CT molecular complexity index is 881. The molecular weight excluding hydrogens is 356 g/mol. The number of benzene rings is 2. The molecule has 3 rings (SSSR count). The first-order valence-electron chi connectivity index (χ1n) is 9.65. The van der Waals surface area contributed by atoms with Crippen LogP contribution in [-0.4, -0.2) is 25.2 Å². The highest BCUT2D eigenvalue weighted by molar-refractivity contribution is 5.94. The second kappa shape index (κ2) is 8.05. The van der Waals surface area contributed by atoms with Crippen molar-refractivity contribution in [3.05, 3.63) is 58.7 Å². The van der Waals surface area contributed by atoms with Crippen molar-refractivity contribution >= 4 is 11.9 Å². The van der Waals surface area contributed by atoms with E-state index >= 15 is 0 Å². The number of hydrogen-bond donors (Lipinski definition) is 0. The summed E-state index contributed by atoms with van der Waals surface area (Å²) in [6.45, 7) is 9.06. The van der Waals surface area contributed by atoms with Gasteiger partial charge in [0, 0.05) is 5.56 Å². The molecule has 1 heterocycles. The quantitative estimate of drug-likeness (QED) is 0.554. The van der Waals surface area contributed by atoms with Gasteiger partial charge in [0.2, 0.25) is 0 Å². The van der Waals surface area contributed by atoms with Crippen molar-refractivity contribution in [2.75, 3.05) is 13.2 Å². The molecule has 0 saturated heterocycles. The Hall–Kier alpha value is -2.82. The summed E-state index contributed by atoms with van der Waals surface area (Å²) < 4.78 is 16.3. The fourth-order valence-electron chi connectivity index (χ4n) is 3.34. The van der Waals surface area contributed by atoms with E-state index < -0.39 is 11.9 Å². The number of carbonyl (C=O) groups is 2. The Kier molecular flexibility index (Phi) is 5.73. The standard InChI is InChI=1S/C23H26O5/c1-5-15-13-20-19(23(3,4)11-12-27-20)14-18(15)22(25)28-17-9-7-16(8-10-17)21(24)26-6-2/h7-10,13-14H,5-6,11-12H2,1-4H3. The first-order chi connectivity index (χ1) is 13.4. The summed E-state index contributed by atoms with van der Waals surface area (Å²) in [6.07, 6.45) is 1.60. The first kappa shape index (κ1) is 19.9. The maximum Gasteiger partial charge on any atom is 0.343 e. The van der Waals surface area contributed by atoms with Gasteiger partial charge in [0.15, 0.2) is 0 Å². The van der Waals surface area contributed by atoms with Gasteiger partial charge in [-0.25, -0.2) is 9.59 Å². The van der Waals surface area contributed by atoms with Gasteiger partial charge in [0.1, 0.15) is 11.5 Å². The molecule has 0 radical (unpaired) electrons. The highest BCUT2D eigenvalue weighted by atomic mass is 16.5. The number of carbonyl (C=O) groups excluding carboxylic acids is 2. The van der Waals surface area contributed by atoms with Crippen LogP contribution in [0, 0.1) is 0 Å². The van der Waals surface area contributed by atoms with Crippen LogP contribution in [0.15, 0.2) is 36.4 Å². The minimum absolute atomic E-state index is 0.0594. The van der Waals surface area contributed by atoms with Crippen molar-refractivity contribution in [3.63, 3.8) is 0 Å². The number of hydrogen-bond acceptors (Lipinski definition) is 5. The third kappa shape index (κ3) is 4.03. The Labute approximate surface area is 165 Å². The van der Waals surface area contributed by atoms with E-state index in [4.69, 9.17) is 14.2 Å². The summed E-state index contributed by atoms with van der Waals surface area (Å²) in [7, 11) is 0. The maximum atomic E-state index is 12.9. The van der Waals surface area contributed by atoms with E-state index in [9.17, 15) is 9.59 Å². The van der Waals surface area contributed by atoms with Crippen LogP contribution in [0.25, 0.3) is 0 Å². The Morgan fingerprint density at radius 1 is 1.07 bits per heavy atom. The highest BCUT2D eigenvalue weighted by Gasteiger charge is 2.31. The number of aryl methyl sites for hydroxylation is 1. The minimum atomic E-state index is -0.412. The molecule has 0 amide bonds. The molecule has 0 atom stereocenters. The van der Waals surface area contributed by atoms with Gasteiger partial charge in [0.25, 0.3) is 0 Å². The summed E-state index contributed by atoms with van der Waals surface area (Å²) in [4.78, 5) is 24.6. The predicted molar refractivity (Wildman–Crippen MR) is 106 cm³/mol. The average Bonchev–Trinajstić information content (AvgIpc) is 2.67. The van der Waals surface area contributed by atoms with Gasteiger partial charge in [0.05, 0.1) is 24.3 Å². The summed E-state index contributed by atoms with van der Waals surface area (Å²) in [5.74, 6) is 0.423. The molecule has 28 heavy (non-hydrogen) atoms. The minimum Gasteiger partial charge on any atom is -0.493 e. The van der Waals surface area contributed by atoms with Gasteiger partial charge in [-0.2, -0.15) is 0 Å². The number of ether oxygens (including phenoxy) is 3. The molecule has 0 unspecified atom stereocenters. The van der Waals surface area contributed by atoms with Gasteiger partial charge in [-0.3, -0.25) is 0 Å². The zero-order chi connectivity index (χ0) is 20.3. The molecule has 2 aromatic carbocycles. The molecular formula is C23H26O5. The van der Waals surface area contributed by atoms with Gasteiger partial charge < -0.3 is 14.2 Å². The number of fused-ring (bicyclic) bond motifs is 1. The third-order valence-electron chi connectivity index (χ3n) is 5.10. The van der Waals surface area contributed by atoms with Crippen LogP contribution >= 0.6 is 0 Å². The van der Waals surface area contributed by atoms with Crippen molar-refractivity contribution in [2.45, 2.75) is 46.0 Å². The molecule has 0 aliphatic carbocycles. The van der Waals surface area contributed by atoms with E-state index in [1.54, 1.807) is 31.2 Å². The van der Waals surface area contributed by atoms with E-state index in [1.807, 2.05) is 19.1 Å². The lowest BCUT2D eigenvalue weighted by Crippen LogP contribution is -2.27. The number of esters is 2. The van der Waals surface area contributed by atoms with Crippen molar-refractivity contribution in [3.8, 4) is 11.5 Å². The summed E-state index contributed by atoms with van der Waals surface area (Å²) in [5.41, 5.74) is 2.83. The molecule has 0 N–H and O–H groups in total. The molecule has 0 bridgehead atoms. The third-order valence-corrected chi connectivity index (χ3v) is 5.10. The second-order valence-electron chi connectivity index (χ2n) is 7.48. The Balaban J connectivity index is 1.85. The molecule has 5 nitrogen and oxygen atoms in total. The summed E-state index contributed by atoms with van der Waals surface area (Å²) in [5, 5.41) is 0. The average molecular weight is 382 g/mol. The van der Waals surface area contributed by atoms with Gasteiger partial charge >= 0.3 is 11.9 Å². The molecule has 148 valence electrons. The first-order valence-corrected chi connectivity index (χ1v) is 9.65.